The van der Waals surface area contributed by atoms with Gasteiger partial charge in [-0.3, -0.25) is 14.5 Å². The molecule has 3 aromatic carbocycles. The van der Waals surface area contributed by atoms with Gasteiger partial charge in [-0.05, 0) is 121 Å². The van der Waals surface area contributed by atoms with Gasteiger partial charge in [-0.1, -0.05) is 24.3 Å². The Balaban J connectivity index is 0.867. The number of nitrogens with zero attached hydrogens (tertiary/aromatic N) is 3. The van der Waals surface area contributed by atoms with Gasteiger partial charge in [0.2, 0.25) is 5.91 Å². The van der Waals surface area contributed by atoms with Crippen molar-refractivity contribution in [2.75, 3.05) is 53.6 Å². The standard InChI is InChI=1S/C42H48F3N3O5/c1-51-36-18-31-11-12-48(25-32(31)19-37(36)52-2)39(50)41-22-29-17-30(23-41)21-40(20-29,27-41)33-7-9-35(10-8-33)53-26-38(49)47-15-13-46(14-16-47)24-28-3-5-34(6-4-28)42(43,44)45/h3-10,18-19,29-30H,11-17,20-27H2,1-2H3. The minimum atomic E-state index is -4.34. The van der Waals surface area contributed by atoms with E-state index in [0.29, 0.717) is 75.1 Å². The number of rotatable bonds is 9. The molecular weight excluding hydrogens is 683 g/mol. The maximum Gasteiger partial charge on any atom is 0.416 e. The molecule has 6 aliphatic rings. The lowest BCUT2D eigenvalue weighted by atomic mass is 9.42. The molecule has 1 saturated heterocycles. The summed E-state index contributed by atoms with van der Waals surface area (Å²) in [4.78, 5) is 33.7. The second-order valence-electron chi connectivity index (χ2n) is 16.1. The molecule has 2 amide bonds. The van der Waals surface area contributed by atoms with Crippen LogP contribution in [0.3, 0.4) is 0 Å². The fourth-order valence-electron chi connectivity index (χ4n) is 10.6. The molecule has 4 aliphatic carbocycles. The normalized spacial score (nSPS) is 26.7. The molecule has 2 heterocycles. The predicted octanol–water partition coefficient (Wildman–Crippen LogP) is 6.87. The van der Waals surface area contributed by atoms with E-state index in [2.05, 4.69) is 28.0 Å². The molecule has 4 bridgehead atoms. The second kappa shape index (κ2) is 13.9. The quantitative estimate of drug-likeness (QED) is 0.240. The van der Waals surface area contributed by atoms with Crippen molar-refractivity contribution < 1.29 is 37.0 Å². The van der Waals surface area contributed by atoms with Gasteiger partial charge >= 0.3 is 6.18 Å². The summed E-state index contributed by atoms with van der Waals surface area (Å²) < 4.78 is 55.8. The van der Waals surface area contributed by atoms with E-state index in [9.17, 15) is 22.8 Å². The number of piperazine rings is 1. The van der Waals surface area contributed by atoms with Crippen LogP contribution >= 0.6 is 0 Å². The summed E-state index contributed by atoms with van der Waals surface area (Å²) in [6.07, 6.45) is 2.74. The fraction of sp³-hybridized carbons (Fsp3) is 0.524. The van der Waals surface area contributed by atoms with E-state index in [1.54, 1.807) is 19.1 Å². The summed E-state index contributed by atoms with van der Waals surface area (Å²) in [6, 6.07) is 17.6. The summed E-state index contributed by atoms with van der Waals surface area (Å²) in [6.45, 7) is 4.17. The van der Waals surface area contributed by atoms with Gasteiger partial charge in [0.25, 0.3) is 5.91 Å². The number of ether oxygens (including phenoxy) is 3. The zero-order valence-electron chi connectivity index (χ0n) is 30.6. The van der Waals surface area contributed by atoms with Gasteiger partial charge in [0, 0.05) is 45.8 Å². The van der Waals surface area contributed by atoms with Gasteiger partial charge < -0.3 is 24.0 Å². The molecule has 3 aromatic rings. The maximum absolute atomic E-state index is 14.6. The van der Waals surface area contributed by atoms with Crippen molar-refractivity contribution in [3.05, 3.63) is 88.5 Å². The molecule has 11 heteroatoms. The van der Waals surface area contributed by atoms with Crippen LogP contribution < -0.4 is 14.2 Å². The number of alkyl halides is 3. The Labute approximate surface area is 309 Å². The number of carbonyl (C=O) groups excluding carboxylic acids is 2. The number of methoxy groups -OCH3 is 2. The molecule has 2 aliphatic heterocycles. The van der Waals surface area contributed by atoms with E-state index in [-0.39, 0.29) is 23.3 Å². The number of amides is 2. The van der Waals surface area contributed by atoms with E-state index >= 15 is 0 Å². The first kappa shape index (κ1) is 35.8. The molecule has 53 heavy (non-hydrogen) atoms. The SMILES string of the molecule is COc1cc2c(cc1OC)CN(C(=O)C13CC4CC(C1)CC(c1ccc(OCC(=O)N5CCN(Cc6ccc(C(F)(F)F)cc6)CC5)cc1)(C4)C3)CC2. The Morgan fingerprint density at radius 1 is 0.792 bits per heavy atom. The van der Waals surface area contributed by atoms with Crippen LogP contribution in [0.25, 0.3) is 0 Å². The monoisotopic (exact) mass is 731 g/mol. The smallest absolute Gasteiger partial charge is 0.416 e. The molecule has 2 atom stereocenters. The largest absolute Gasteiger partial charge is 0.493 e. The summed E-state index contributed by atoms with van der Waals surface area (Å²) in [5, 5.41) is 0. The highest BCUT2D eigenvalue weighted by Crippen LogP contribution is 2.66. The molecule has 5 fully saturated rings. The molecular formula is C42H48F3N3O5. The van der Waals surface area contributed by atoms with Crippen LogP contribution in [0.15, 0.2) is 60.7 Å². The molecule has 2 unspecified atom stereocenters. The van der Waals surface area contributed by atoms with Crippen molar-refractivity contribution in [1.82, 2.24) is 14.7 Å². The van der Waals surface area contributed by atoms with E-state index < -0.39 is 11.7 Å². The molecule has 4 saturated carbocycles. The third-order valence-electron chi connectivity index (χ3n) is 12.8. The minimum Gasteiger partial charge on any atom is -0.493 e. The Morgan fingerprint density at radius 3 is 2.06 bits per heavy atom. The van der Waals surface area contributed by atoms with Crippen molar-refractivity contribution in [2.24, 2.45) is 17.3 Å². The van der Waals surface area contributed by atoms with Crippen molar-refractivity contribution >= 4 is 11.8 Å². The minimum absolute atomic E-state index is 0.0293. The van der Waals surface area contributed by atoms with Gasteiger partial charge in [0.15, 0.2) is 18.1 Å². The number of fused-ring (bicyclic) bond motifs is 1. The van der Waals surface area contributed by atoms with Gasteiger partial charge in [-0.15, -0.1) is 0 Å². The zero-order chi connectivity index (χ0) is 37.0. The average Bonchev–Trinajstić information content (AvgIpc) is 3.15. The van der Waals surface area contributed by atoms with Crippen LogP contribution in [0.2, 0.25) is 0 Å². The topological polar surface area (TPSA) is 71.5 Å². The first-order valence-electron chi connectivity index (χ1n) is 18.9. The molecule has 0 N–H and O–H groups in total. The summed E-state index contributed by atoms with van der Waals surface area (Å²) in [5.41, 5.74) is 3.43. The molecule has 8 nitrogen and oxygen atoms in total. The molecule has 0 spiro atoms. The van der Waals surface area contributed by atoms with E-state index in [4.69, 9.17) is 14.2 Å². The predicted molar refractivity (Wildman–Crippen MR) is 193 cm³/mol. The van der Waals surface area contributed by atoms with E-state index in [1.165, 1.54) is 29.7 Å². The lowest BCUT2D eigenvalue weighted by Gasteiger charge is -2.62. The third-order valence-corrected chi connectivity index (χ3v) is 12.8. The van der Waals surface area contributed by atoms with Crippen LogP contribution in [0.4, 0.5) is 13.2 Å². The van der Waals surface area contributed by atoms with Crippen LogP contribution in [-0.4, -0.2) is 80.1 Å². The first-order chi connectivity index (χ1) is 25.5. The van der Waals surface area contributed by atoms with Gasteiger partial charge in [-0.2, -0.15) is 13.2 Å². The van der Waals surface area contributed by atoms with Crippen LogP contribution in [0, 0.1) is 17.3 Å². The van der Waals surface area contributed by atoms with Gasteiger partial charge in [-0.25, -0.2) is 0 Å². The van der Waals surface area contributed by atoms with Crippen molar-refractivity contribution in [2.45, 2.75) is 69.6 Å². The van der Waals surface area contributed by atoms with Gasteiger partial charge in [0.05, 0.1) is 25.2 Å². The van der Waals surface area contributed by atoms with Crippen molar-refractivity contribution in [3.63, 3.8) is 0 Å². The number of hydrogen-bond acceptors (Lipinski definition) is 6. The molecule has 9 rings (SSSR count). The van der Waals surface area contributed by atoms with Crippen molar-refractivity contribution in [1.29, 1.82) is 0 Å². The van der Waals surface area contributed by atoms with Crippen LogP contribution in [-0.2, 0) is 40.7 Å². The number of benzene rings is 3. The lowest BCUT2D eigenvalue weighted by molar-refractivity contribution is -0.161. The Bertz CT molecular complexity index is 1820. The first-order valence-corrected chi connectivity index (χ1v) is 18.9. The Hall–Kier alpha value is -4.25. The molecule has 0 aromatic heterocycles. The maximum atomic E-state index is 14.6. The summed E-state index contributed by atoms with van der Waals surface area (Å²) in [7, 11) is 3.30. The Morgan fingerprint density at radius 2 is 1.43 bits per heavy atom. The zero-order valence-corrected chi connectivity index (χ0v) is 30.6. The highest BCUT2D eigenvalue weighted by atomic mass is 19.4. The third kappa shape index (κ3) is 6.97. The van der Waals surface area contributed by atoms with Crippen molar-refractivity contribution in [3.8, 4) is 17.2 Å². The lowest BCUT2D eigenvalue weighted by Crippen LogP contribution is -2.60. The van der Waals surface area contributed by atoms with Crippen LogP contribution in [0.5, 0.6) is 17.2 Å². The van der Waals surface area contributed by atoms with E-state index in [0.717, 1.165) is 67.5 Å². The summed E-state index contributed by atoms with van der Waals surface area (Å²) in [5.74, 6) is 3.40. The Kier molecular flexibility index (Phi) is 9.36. The van der Waals surface area contributed by atoms with Gasteiger partial charge in [0.1, 0.15) is 5.75 Å². The summed E-state index contributed by atoms with van der Waals surface area (Å²) >= 11 is 0. The highest BCUT2D eigenvalue weighted by molar-refractivity contribution is 5.84. The fourth-order valence-corrected chi connectivity index (χ4v) is 10.6. The van der Waals surface area contributed by atoms with Crippen LogP contribution in [0.1, 0.15) is 66.3 Å². The molecule has 0 radical (unpaired) electrons. The number of hydrogen-bond donors (Lipinski definition) is 0. The number of carbonyl (C=O) groups is 2. The highest BCUT2D eigenvalue weighted by Gasteiger charge is 2.61. The molecule has 282 valence electrons. The number of halogens is 3. The average molecular weight is 732 g/mol. The second-order valence-corrected chi connectivity index (χ2v) is 16.1. The van der Waals surface area contributed by atoms with E-state index in [1.807, 2.05) is 18.2 Å².